The highest BCUT2D eigenvalue weighted by Gasteiger charge is 2.30. The van der Waals surface area contributed by atoms with Gasteiger partial charge in [-0.25, -0.2) is 8.42 Å². The normalized spacial score (nSPS) is 14.8. The lowest BCUT2D eigenvalue weighted by molar-refractivity contribution is -0.130. The van der Waals surface area contributed by atoms with Crippen molar-refractivity contribution in [1.29, 1.82) is 0 Å². The average Bonchev–Trinajstić information content (AvgIpc) is 2.67. The summed E-state index contributed by atoms with van der Waals surface area (Å²) in [5.41, 5.74) is 2.14. The number of sulfonamides is 1. The number of hydrogen-bond acceptors (Lipinski definition) is 3. The van der Waals surface area contributed by atoms with Gasteiger partial charge in [0.15, 0.2) is 0 Å². The Morgan fingerprint density at radius 1 is 1.04 bits per heavy atom. The van der Waals surface area contributed by atoms with Crippen molar-refractivity contribution in [2.75, 3.05) is 23.9 Å². The Labute approximate surface area is 172 Å². The molecule has 0 bridgehead atoms. The van der Waals surface area contributed by atoms with Crippen LogP contribution in [-0.4, -0.2) is 38.9 Å². The Morgan fingerprint density at radius 2 is 1.68 bits per heavy atom. The van der Waals surface area contributed by atoms with Gasteiger partial charge in [-0.15, -0.1) is 0 Å². The second kappa shape index (κ2) is 8.53. The summed E-state index contributed by atoms with van der Waals surface area (Å²) in [7, 11) is -3.90. The second-order valence-corrected chi connectivity index (χ2v) is 9.50. The van der Waals surface area contributed by atoms with Gasteiger partial charge in [0.1, 0.15) is 6.54 Å². The largest absolute Gasteiger partial charge is 0.341 e. The van der Waals surface area contributed by atoms with Crippen LogP contribution in [0.5, 0.6) is 0 Å². The molecule has 0 aliphatic carbocycles. The van der Waals surface area contributed by atoms with E-state index >= 15 is 0 Å². The third-order valence-electron chi connectivity index (χ3n) is 5.02. The van der Waals surface area contributed by atoms with Crippen LogP contribution in [0.2, 0.25) is 5.02 Å². The van der Waals surface area contributed by atoms with E-state index < -0.39 is 10.0 Å². The highest BCUT2D eigenvalue weighted by molar-refractivity contribution is 7.92. The molecule has 2 aromatic carbocycles. The fraction of sp³-hybridized carbons (Fsp3) is 0.381. The lowest BCUT2D eigenvalue weighted by Crippen LogP contribution is -2.45. The summed E-state index contributed by atoms with van der Waals surface area (Å²) in [5, 5.41) is 0.524. The fourth-order valence-corrected chi connectivity index (χ4v) is 5.11. The Hall–Kier alpha value is -2.05. The van der Waals surface area contributed by atoms with Gasteiger partial charge in [-0.2, -0.15) is 0 Å². The topological polar surface area (TPSA) is 57.7 Å². The number of hydrogen-bond donors (Lipinski definition) is 0. The van der Waals surface area contributed by atoms with Gasteiger partial charge in [0.05, 0.1) is 10.6 Å². The van der Waals surface area contributed by atoms with Crippen LogP contribution in [0, 0.1) is 13.8 Å². The zero-order chi connectivity index (χ0) is 20.3. The number of halogens is 1. The molecule has 1 aliphatic rings. The van der Waals surface area contributed by atoms with Crippen molar-refractivity contribution in [3.8, 4) is 0 Å². The minimum absolute atomic E-state index is 0.166. The molecule has 1 saturated heterocycles. The van der Waals surface area contributed by atoms with E-state index in [1.807, 2.05) is 6.92 Å². The number of piperidine rings is 1. The number of likely N-dealkylation sites (tertiary alicyclic amines) is 1. The van der Waals surface area contributed by atoms with E-state index in [1.165, 1.54) is 4.31 Å². The molecule has 0 radical (unpaired) electrons. The second-order valence-electron chi connectivity index (χ2n) is 7.20. The predicted octanol–water partition coefficient (Wildman–Crippen LogP) is 4.16. The van der Waals surface area contributed by atoms with E-state index in [4.69, 9.17) is 11.6 Å². The molecule has 1 fully saturated rings. The van der Waals surface area contributed by atoms with Crippen LogP contribution in [0.4, 0.5) is 5.69 Å². The zero-order valence-electron chi connectivity index (χ0n) is 16.2. The number of anilines is 1. The molecule has 0 atom stereocenters. The van der Waals surface area contributed by atoms with Crippen LogP contribution >= 0.6 is 11.6 Å². The third-order valence-corrected chi connectivity index (χ3v) is 7.03. The molecule has 2 aromatic rings. The van der Waals surface area contributed by atoms with Crippen LogP contribution in [0.15, 0.2) is 47.4 Å². The van der Waals surface area contributed by atoms with Gasteiger partial charge in [0, 0.05) is 18.1 Å². The summed E-state index contributed by atoms with van der Waals surface area (Å²) in [6, 6.07) is 11.7. The summed E-state index contributed by atoms with van der Waals surface area (Å²) in [6.07, 6.45) is 3.01. The number of carbonyl (C=O) groups excluding carboxylic acids is 1. The molecule has 0 N–H and O–H groups in total. The summed E-state index contributed by atoms with van der Waals surface area (Å²) < 4.78 is 28.1. The molecular weight excluding hydrogens is 396 g/mol. The van der Waals surface area contributed by atoms with Crippen LogP contribution in [-0.2, 0) is 14.8 Å². The van der Waals surface area contributed by atoms with Crippen molar-refractivity contribution in [2.24, 2.45) is 0 Å². The fourth-order valence-electron chi connectivity index (χ4n) is 3.40. The van der Waals surface area contributed by atoms with Crippen molar-refractivity contribution in [1.82, 2.24) is 4.90 Å². The molecule has 28 heavy (non-hydrogen) atoms. The molecule has 3 rings (SSSR count). The highest BCUT2D eigenvalue weighted by Crippen LogP contribution is 2.29. The number of carbonyl (C=O) groups is 1. The molecule has 7 heteroatoms. The number of nitrogens with zero attached hydrogens (tertiary/aromatic N) is 2. The van der Waals surface area contributed by atoms with Crippen molar-refractivity contribution >= 4 is 33.2 Å². The molecule has 1 aliphatic heterocycles. The minimum atomic E-state index is -3.90. The van der Waals surface area contributed by atoms with E-state index in [0.29, 0.717) is 29.4 Å². The number of aryl methyl sites for hydroxylation is 2. The summed E-state index contributed by atoms with van der Waals surface area (Å²) in [4.78, 5) is 14.8. The van der Waals surface area contributed by atoms with Crippen molar-refractivity contribution in [3.05, 3.63) is 58.6 Å². The van der Waals surface area contributed by atoms with E-state index in [2.05, 4.69) is 0 Å². The first-order valence-electron chi connectivity index (χ1n) is 9.42. The molecule has 1 amide bonds. The van der Waals surface area contributed by atoms with Crippen LogP contribution in [0.25, 0.3) is 0 Å². The lowest BCUT2D eigenvalue weighted by Gasteiger charge is -2.31. The molecule has 1 heterocycles. The third kappa shape index (κ3) is 4.50. The van der Waals surface area contributed by atoms with Gasteiger partial charge in [0.2, 0.25) is 5.91 Å². The number of amides is 1. The molecule has 150 valence electrons. The smallest absolute Gasteiger partial charge is 0.264 e. The molecule has 0 unspecified atom stereocenters. The zero-order valence-corrected chi connectivity index (χ0v) is 17.8. The summed E-state index contributed by atoms with van der Waals surface area (Å²) in [6.45, 7) is 4.83. The van der Waals surface area contributed by atoms with Crippen LogP contribution in [0.1, 0.15) is 30.4 Å². The van der Waals surface area contributed by atoms with Gasteiger partial charge >= 0.3 is 0 Å². The maximum absolute atomic E-state index is 13.4. The van der Waals surface area contributed by atoms with E-state index in [9.17, 15) is 13.2 Å². The molecule has 0 saturated carbocycles. The van der Waals surface area contributed by atoms with Gasteiger partial charge in [-0.3, -0.25) is 9.10 Å². The monoisotopic (exact) mass is 420 g/mol. The van der Waals surface area contributed by atoms with Gasteiger partial charge in [-0.05, 0) is 69.0 Å². The van der Waals surface area contributed by atoms with Gasteiger partial charge in [-0.1, -0.05) is 29.3 Å². The number of rotatable bonds is 5. The Kier molecular flexibility index (Phi) is 6.30. The van der Waals surface area contributed by atoms with E-state index in [-0.39, 0.29) is 17.3 Å². The Morgan fingerprint density at radius 3 is 2.29 bits per heavy atom. The highest BCUT2D eigenvalue weighted by atomic mass is 35.5. The van der Waals surface area contributed by atoms with E-state index in [0.717, 1.165) is 24.8 Å². The van der Waals surface area contributed by atoms with Gasteiger partial charge in [0.25, 0.3) is 10.0 Å². The molecular formula is C21H25ClN2O3S. The lowest BCUT2D eigenvalue weighted by atomic mass is 10.1. The summed E-state index contributed by atoms with van der Waals surface area (Å²) >= 11 is 6.05. The van der Waals surface area contributed by atoms with Crippen molar-refractivity contribution in [3.63, 3.8) is 0 Å². The quantitative estimate of drug-likeness (QED) is 0.729. The van der Waals surface area contributed by atoms with Gasteiger partial charge < -0.3 is 4.90 Å². The van der Waals surface area contributed by atoms with Crippen LogP contribution in [0.3, 0.4) is 0 Å². The average molecular weight is 421 g/mol. The van der Waals surface area contributed by atoms with E-state index in [1.54, 1.807) is 54.3 Å². The Bertz CT molecular complexity index is 952. The minimum Gasteiger partial charge on any atom is -0.341 e. The molecule has 0 aromatic heterocycles. The van der Waals surface area contributed by atoms with Crippen molar-refractivity contribution < 1.29 is 13.2 Å². The maximum Gasteiger partial charge on any atom is 0.264 e. The first-order chi connectivity index (χ1) is 13.3. The number of benzene rings is 2. The standard InChI is InChI=1S/C21H25ClN2O3S/c1-16-6-9-19(10-7-16)28(26,27)24(20-11-8-18(22)14-17(20)2)15-21(25)23-12-4-3-5-13-23/h6-11,14H,3-5,12-13,15H2,1-2H3. The predicted molar refractivity (Wildman–Crippen MR) is 112 cm³/mol. The first-order valence-corrected chi connectivity index (χ1v) is 11.2. The van der Waals surface area contributed by atoms with Crippen molar-refractivity contribution in [2.45, 2.75) is 38.0 Å². The Balaban J connectivity index is 2.00. The maximum atomic E-state index is 13.4. The molecule has 5 nitrogen and oxygen atoms in total. The SMILES string of the molecule is Cc1ccc(S(=O)(=O)N(CC(=O)N2CCCCC2)c2ccc(Cl)cc2C)cc1. The summed E-state index contributed by atoms with van der Waals surface area (Å²) in [5.74, 6) is -0.176. The first kappa shape index (κ1) is 20.7. The van der Waals surface area contributed by atoms with Crippen LogP contribution < -0.4 is 4.31 Å². The molecule has 0 spiro atoms.